The van der Waals surface area contributed by atoms with Crippen LogP contribution in [0.15, 0.2) is 30.5 Å². The number of hydrogen-bond donors (Lipinski definition) is 0. The monoisotopic (exact) mass is 410 g/mol. The summed E-state index contributed by atoms with van der Waals surface area (Å²) in [5, 5.41) is 0. The van der Waals surface area contributed by atoms with E-state index in [0.29, 0.717) is 19.1 Å². The maximum atomic E-state index is 13.4. The molecule has 1 amide bonds. The van der Waals surface area contributed by atoms with Gasteiger partial charge in [0.15, 0.2) is 0 Å². The van der Waals surface area contributed by atoms with Crippen LogP contribution in [0.5, 0.6) is 0 Å². The van der Waals surface area contributed by atoms with E-state index in [-0.39, 0.29) is 23.1 Å². The first-order valence-corrected chi connectivity index (χ1v) is 10.8. The molecule has 0 bridgehead atoms. The Hall–Kier alpha value is -2.34. The highest BCUT2D eigenvalue weighted by Gasteiger charge is 2.42. The Morgan fingerprint density at radius 3 is 2.60 bits per heavy atom. The molecule has 0 unspecified atom stereocenters. The molecule has 0 radical (unpaired) electrons. The zero-order chi connectivity index (χ0) is 21.5. The molecule has 0 N–H and O–H groups in total. The topological polar surface area (TPSA) is 49.3 Å². The molecule has 2 aromatic rings. The van der Waals surface area contributed by atoms with E-state index in [4.69, 9.17) is 4.98 Å². The van der Waals surface area contributed by atoms with Crippen molar-refractivity contribution in [3.63, 3.8) is 0 Å². The molecule has 3 heterocycles. The molecule has 1 aliphatic carbocycles. The number of anilines is 1. The highest BCUT2D eigenvalue weighted by Crippen LogP contribution is 2.41. The Kier molecular flexibility index (Phi) is 5.62. The van der Waals surface area contributed by atoms with E-state index in [9.17, 15) is 9.18 Å². The molecule has 6 heteroatoms. The van der Waals surface area contributed by atoms with Crippen molar-refractivity contribution in [3.05, 3.63) is 53.4 Å². The predicted molar refractivity (Wildman–Crippen MR) is 116 cm³/mol. The van der Waals surface area contributed by atoms with E-state index in [0.717, 1.165) is 48.5 Å². The summed E-state index contributed by atoms with van der Waals surface area (Å²) in [6, 6.07) is 7.67. The minimum absolute atomic E-state index is 0.0710. The lowest BCUT2D eigenvalue weighted by Crippen LogP contribution is -2.42. The third kappa shape index (κ3) is 4.10. The average Bonchev–Trinajstić information content (AvgIpc) is 2.99. The molecular weight excluding hydrogens is 379 g/mol. The van der Waals surface area contributed by atoms with Gasteiger partial charge in [-0.3, -0.25) is 19.7 Å². The van der Waals surface area contributed by atoms with Gasteiger partial charge in [-0.15, -0.1) is 0 Å². The van der Waals surface area contributed by atoms with Crippen molar-refractivity contribution in [2.75, 3.05) is 18.5 Å². The number of amides is 1. The Balaban J connectivity index is 1.37. The van der Waals surface area contributed by atoms with Crippen molar-refractivity contribution >= 4 is 11.6 Å². The Morgan fingerprint density at radius 1 is 1.20 bits per heavy atom. The summed E-state index contributed by atoms with van der Waals surface area (Å²) in [7, 11) is 2.09. The Labute approximate surface area is 178 Å². The number of aryl methyl sites for hydroxylation is 1. The molecule has 1 fully saturated rings. The van der Waals surface area contributed by atoms with Crippen molar-refractivity contribution in [1.82, 2.24) is 14.9 Å². The van der Waals surface area contributed by atoms with E-state index in [1.165, 1.54) is 12.3 Å². The number of fused-ring (bicyclic) bond motifs is 1. The zero-order valence-corrected chi connectivity index (χ0v) is 18.4. The molecule has 0 aromatic carbocycles. The second-order valence-electron chi connectivity index (χ2n) is 9.52. The van der Waals surface area contributed by atoms with Gasteiger partial charge in [0, 0.05) is 36.2 Å². The predicted octanol–water partition coefficient (Wildman–Crippen LogP) is 4.24. The minimum Gasteiger partial charge on any atom is -0.309 e. The molecular formula is C24H31FN4O. The van der Waals surface area contributed by atoms with Gasteiger partial charge < -0.3 is 4.90 Å². The van der Waals surface area contributed by atoms with Gasteiger partial charge in [0.2, 0.25) is 5.91 Å². The first kappa shape index (κ1) is 20.9. The number of hydrogen-bond acceptors (Lipinski definition) is 4. The summed E-state index contributed by atoms with van der Waals surface area (Å²) in [4.78, 5) is 26.5. The van der Waals surface area contributed by atoms with Crippen LogP contribution >= 0.6 is 0 Å². The summed E-state index contributed by atoms with van der Waals surface area (Å²) in [6.07, 6.45) is 5.05. The number of carbonyl (C=O) groups is 1. The van der Waals surface area contributed by atoms with Crippen LogP contribution in [0, 0.1) is 18.7 Å². The second kappa shape index (κ2) is 8.06. The summed E-state index contributed by atoms with van der Waals surface area (Å²) in [6.45, 7) is 7.73. The first-order valence-electron chi connectivity index (χ1n) is 10.8. The van der Waals surface area contributed by atoms with Gasteiger partial charge in [-0.1, -0.05) is 13.8 Å². The molecule has 30 heavy (non-hydrogen) atoms. The van der Waals surface area contributed by atoms with Gasteiger partial charge in [-0.2, -0.15) is 0 Å². The highest BCUT2D eigenvalue weighted by atomic mass is 19.1. The lowest BCUT2D eigenvalue weighted by Gasteiger charge is -2.35. The fourth-order valence-electron chi connectivity index (χ4n) is 4.89. The molecule has 160 valence electrons. The number of pyridine rings is 2. The summed E-state index contributed by atoms with van der Waals surface area (Å²) in [5.74, 6) is 0.00730. The standard InChI is InChI=1S/C24H31FN4O/c1-16-5-12-21-22(27-16)24(2,3)15-29(21)23(30)17-6-10-20(11-7-17)28(4)14-19-9-8-18(25)13-26-19/h5,8-9,12-13,17,20H,6-7,10-11,14-15H2,1-4H3/t17-,20-. The quantitative estimate of drug-likeness (QED) is 0.757. The van der Waals surface area contributed by atoms with Gasteiger partial charge in [0.05, 0.1) is 23.3 Å². The number of rotatable bonds is 4. The Bertz CT molecular complexity index is 919. The number of halogens is 1. The molecule has 5 nitrogen and oxygen atoms in total. The Morgan fingerprint density at radius 2 is 1.93 bits per heavy atom. The smallest absolute Gasteiger partial charge is 0.230 e. The van der Waals surface area contributed by atoms with Gasteiger partial charge in [-0.25, -0.2) is 4.39 Å². The van der Waals surface area contributed by atoms with Crippen molar-refractivity contribution < 1.29 is 9.18 Å². The number of nitrogens with zero attached hydrogens (tertiary/aromatic N) is 4. The van der Waals surface area contributed by atoms with Gasteiger partial charge in [0.1, 0.15) is 5.82 Å². The molecule has 0 atom stereocenters. The van der Waals surface area contributed by atoms with Crippen LogP contribution in [0.1, 0.15) is 56.6 Å². The van der Waals surface area contributed by atoms with Crippen LogP contribution in [0.4, 0.5) is 10.1 Å². The van der Waals surface area contributed by atoms with Crippen molar-refractivity contribution in [1.29, 1.82) is 0 Å². The van der Waals surface area contributed by atoms with E-state index in [1.807, 2.05) is 17.9 Å². The van der Waals surface area contributed by atoms with Crippen LogP contribution in [0.3, 0.4) is 0 Å². The minimum atomic E-state index is -0.308. The van der Waals surface area contributed by atoms with Crippen LogP contribution < -0.4 is 4.90 Å². The van der Waals surface area contributed by atoms with Crippen LogP contribution in [-0.2, 0) is 16.8 Å². The summed E-state index contributed by atoms with van der Waals surface area (Å²) < 4.78 is 13.1. The second-order valence-corrected chi connectivity index (χ2v) is 9.52. The molecule has 0 spiro atoms. The maximum Gasteiger partial charge on any atom is 0.230 e. The van der Waals surface area contributed by atoms with Crippen LogP contribution in [0.25, 0.3) is 0 Å². The largest absolute Gasteiger partial charge is 0.309 e. The summed E-state index contributed by atoms with van der Waals surface area (Å²) >= 11 is 0. The molecule has 2 aliphatic rings. The van der Waals surface area contributed by atoms with Crippen molar-refractivity contribution in [2.45, 2.75) is 64.5 Å². The van der Waals surface area contributed by atoms with Gasteiger partial charge in [0.25, 0.3) is 0 Å². The maximum absolute atomic E-state index is 13.4. The molecule has 1 saturated carbocycles. The number of aromatic nitrogens is 2. The van der Waals surface area contributed by atoms with E-state index >= 15 is 0 Å². The van der Waals surface area contributed by atoms with Gasteiger partial charge in [-0.05, 0) is 63.9 Å². The third-order valence-electron chi connectivity index (χ3n) is 6.63. The van der Waals surface area contributed by atoms with Crippen LogP contribution in [0.2, 0.25) is 0 Å². The highest BCUT2D eigenvalue weighted by molar-refractivity contribution is 5.97. The zero-order valence-electron chi connectivity index (χ0n) is 18.4. The van der Waals surface area contributed by atoms with Gasteiger partial charge >= 0.3 is 0 Å². The van der Waals surface area contributed by atoms with Crippen molar-refractivity contribution in [3.8, 4) is 0 Å². The SMILES string of the molecule is Cc1ccc2c(n1)C(C)(C)CN2C(=O)[C@H]1CC[C@H](N(C)Cc2ccc(F)cn2)CC1. The molecule has 2 aromatic heterocycles. The molecule has 4 rings (SSSR count). The third-order valence-corrected chi connectivity index (χ3v) is 6.63. The van der Waals surface area contributed by atoms with E-state index < -0.39 is 0 Å². The number of carbonyl (C=O) groups excluding carboxylic acids is 1. The fourth-order valence-corrected chi connectivity index (χ4v) is 4.89. The average molecular weight is 411 g/mol. The first-order chi connectivity index (χ1) is 14.2. The lowest BCUT2D eigenvalue weighted by molar-refractivity contribution is -0.123. The van der Waals surface area contributed by atoms with Crippen molar-refractivity contribution in [2.24, 2.45) is 5.92 Å². The molecule has 1 aliphatic heterocycles. The lowest BCUT2D eigenvalue weighted by atomic mass is 9.84. The fraction of sp³-hybridized carbons (Fsp3) is 0.542. The summed E-state index contributed by atoms with van der Waals surface area (Å²) in [5.41, 5.74) is 3.77. The van der Waals surface area contributed by atoms with E-state index in [2.05, 4.69) is 36.8 Å². The van der Waals surface area contributed by atoms with E-state index in [1.54, 1.807) is 6.07 Å². The van der Waals surface area contributed by atoms with Crippen LogP contribution in [-0.4, -0.2) is 40.4 Å². The molecule has 0 saturated heterocycles. The normalized spacial score (nSPS) is 22.9.